The van der Waals surface area contributed by atoms with Gasteiger partial charge in [-0.1, -0.05) is 25.7 Å². The van der Waals surface area contributed by atoms with Crippen molar-refractivity contribution in [1.82, 2.24) is 0 Å². The maximum absolute atomic E-state index is 8.72. The van der Waals surface area contributed by atoms with Crippen LogP contribution in [0.5, 0.6) is 0 Å². The third kappa shape index (κ3) is 14.2. The van der Waals surface area contributed by atoms with Crippen LogP contribution in [-0.4, -0.2) is 46.4 Å². The van der Waals surface area contributed by atoms with E-state index in [1.54, 1.807) is 0 Å². The van der Waals surface area contributed by atoms with Crippen molar-refractivity contribution in [3.63, 3.8) is 0 Å². The average Bonchev–Trinajstić information content (AvgIpc) is 2.06. The Labute approximate surface area is 97.6 Å². The Hall–Kier alpha value is 0.194. The predicted molar refractivity (Wildman–Crippen MR) is 62.1 cm³/mol. The van der Waals surface area contributed by atoms with E-state index in [4.69, 9.17) is 28.8 Å². The van der Waals surface area contributed by atoms with Gasteiger partial charge >= 0.3 is 17.6 Å². The second kappa shape index (κ2) is 7.51. The molecule has 0 aromatic rings. The van der Waals surface area contributed by atoms with E-state index in [-0.39, 0.29) is 12.1 Å². The van der Waals surface area contributed by atoms with E-state index >= 15 is 0 Å². The van der Waals surface area contributed by atoms with Crippen LogP contribution in [0.3, 0.4) is 0 Å². The van der Waals surface area contributed by atoms with Crippen LogP contribution in [-0.2, 0) is 0 Å². The summed E-state index contributed by atoms with van der Waals surface area (Å²) in [7, 11) is -7.70. The Balaban J connectivity index is 3.17. The molecule has 98 valence electrons. The number of hydrogen-bond acceptors (Lipinski definition) is 6. The highest BCUT2D eigenvalue weighted by molar-refractivity contribution is 6.56. The van der Waals surface area contributed by atoms with Crippen molar-refractivity contribution >= 4 is 17.6 Å². The molecule has 0 atom stereocenters. The van der Waals surface area contributed by atoms with Crippen LogP contribution in [0.1, 0.15) is 38.5 Å². The topological polar surface area (TPSA) is 121 Å². The minimum Gasteiger partial charge on any atom is -0.390 e. The zero-order valence-corrected chi connectivity index (χ0v) is 11.3. The third-order valence-electron chi connectivity index (χ3n) is 2.27. The number of rotatable bonds is 9. The summed E-state index contributed by atoms with van der Waals surface area (Å²) in [6, 6.07) is 0.153. The molecule has 0 aromatic heterocycles. The van der Waals surface area contributed by atoms with Gasteiger partial charge < -0.3 is 28.8 Å². The number of unbranched alkanes of at least 4 members (excludes halogenated alkanes) is 5. The van der Waals surface area contributed by atoms with Crippen molar-refractivity contribution in [2.24, 2.45) is 0 Å². The Bertz CT molecular complexity index is 156. The Morgan fingerprint density at radius 3 is 0.938 bits per heavy atom. The molecule has 0 aliphatic heterocycles. The van der Waals surface area contributed by atoms with E-state index in [2.05, 4.69) is 0 Å². The van der Waals surface area contributed by atoms with Crippen LogP contribution >= 0.6 is 0 Å². The summed E-state index contributed by atoms with van der Waals surface area (Å²) in [4.78, 5) is 52.3. The standard InChI is InChI=1S/C8H22O6Si2/c9-15(10,11)7-5-3-1-2-4-6-8-16(12,13)14/h9-14H,1-8H2. The van der Waals surface area contributed by atoms with Gasteiger partial charge in [0.05, 0.1) is 0 Å². The molecule has 0 radical (unpaired) electrons. The lowest BCUT2D eigenvalue weighted by Crippen LogP contribution is -2.34. The van der Waals surface area contributed by atoms with Crippen LogP contribution in [0.15, 0.2) is 0 Å². The molecule has 6 nitrogen and oxygen atoms in total. The molecule has 0 aliphatic carbocycles. The van der Waals surface area contributed by atoms with Crippen LogP contribution < -0.4 is 0 Å². The lowest BCUT2D eigenvalue weighted by molar-refractivity contribution is 0.223. The zero-order valence-electron chi connectivity index (χ0n) is 9.34. The van der Waals surface area contributed by atoms with E-state index in [0.717, 1.165) is 25.7 Å². The molecular formula is C8H22O6Si2. The van der Waals surface area contributed by atoms with Gasteiger partial charge in [0.25, 0.3) is 0 Å². The first kappa shape index (κ1) is 16.2. The minimum absolute atomic E-state index is 0.0763. The molecule has 16 heavy (non-hydrogen) atoms. The quantitative estimate of drug-likeness (QED) is 0.240. The molecule has 0 aromatic carbocycles. The summed E-state index contributed by atoms with van der Waals surface area (Å²) in [5.41, 5.74) is 0. The van der Waals surface area contributed by atoms with E-state index in [9.17, 15) is 0 Å². The normalized spacial score (nSPS) is 13.1. The first-order chi connectivity index (χ1) is 7.21. The van der Waals surface area contributed by atoms with Gasteiger partial charge in [-0.3, -0.25) is 0 Å². The van der Waals surface area contributed by atoms with Gasteiger partial charge in [0.2, 0.25) is 0 Å². The Morgan fingerprint density at radius 1 is 0.438 bits per heavy atom. The third-order valence-corrected chi connectivity index (χ3v) is 4.32. The van der Waals surface area contributed by atoms with Crippen LogP contribution in [0.25, 0.3) is 0 Å². The molecule has 8 heteroatoms. The van der Waals surface area contributed by atoms with E-state index in [1.165, 1.54) is 0 Å². The molecule has 0 unspecified atom stereocenters. The summed E-state index contributed by atoms with van der Waals surface area (Å²) in [5, 5.41) is 0. The molecular weight excluding hydrogens is 248 g/mol. The number of hydrogen-bond donors (Lipinski definition) is 6. The van der Waals surface area contributed by atoms with Crippen molar-refractivity contribution in [2.75, 3.05) is 0 Å². The maximum atomic E-state index is 8.72. The molecule has 0 heterocycles. The highest BCUT2D eigenvalue weighted by Gasteiger charge is 2.26. The molecule has 6 N–H and O–H groups in total. The lowest BCUT2D eigenvalue weighted by atomic mass is 10.1. The van der Waals surface area contributed by atoms with Crippen LogP contribution in [0.2, 0.25) is 12.1 Å². The summed E-state index contributed by atoms with van der Waals surface area (Å²) >= 11 is 0. The molecule has 0 bridgehead atoms. The van der Waals surface area contributed by atoms with Gasteiger partial charge in [0, 0.05) is 12.1 Å². The minimum atomic E-state index is -3.85. The molecule has 0 saturated heterocycles. The second-order valence-electron chi connectivity index (χ2n) is 4.17. The Kier molecular flexibility index (Phi) is 7.60. The van der Waals surface area contributed by atoms with Gasteiger partial charge in [-0.25, -0.2) is 0 Å². The van der Waals surface area contributed by atoms with Gasteiger partial charge in [-0.05, 0) is 12.8 Å². The molecule has 0 rings (SSSR count). The maximum Gasteiger partial charge on any atom is 0.492 e. The predicted octanol–water partition coefficient (Wildman–Crippen LogP) is -0.841. The monoisotopic (exact) mass is 270 g/mol. The van der Waals surface area contributed by atoms with Gasteiger partial charge in [-0.2, -0.15) is 0 Å². The van der Waals surface area contributed by atoms with E-state index < -0.39 is 17.6 Å². The lowest BCUT2D eigenvalue weighted by Gasteiger charge is -2.09. The average molecular weight is 270 g/mol. The SMILES string of the molecule is O[Si](O)(O)CCCCCCCC[Si](O)(O)O. The first-order valence-electron chi connectivity index (χ1n) is 5.55. The fraction of sp³-hybridized carbons (Fsp3) is 1.00. The summed E-state index contributed by atoms with van der Waals surface area (Å²) in [6.07, 6.45) is 4.62. The van der Waals surface area contributed by atoms with E-state index in [0.29, 0.717) is 12.8 Å². The molecule has 0 aliphatic rings. The highest BCUT2D eigenvalue weighted by Crippen LogP contribution is 2.13. The first-order valence-corrected chi connectivity index (χ1v) is 9.65. The van der Waals surface area contributed by atoms with Crippen molar-refractivity contribution < 1.29 is 28.8 Å². The molecule has 0 saturated carbocycles. The second-order valence-corrected chi connectivity index (χ2v) is 8.27. The Morgan fingerprint density at radius 2 is 0.688 bits per heavy atom. The zero-order chi connectivity index (χ0) is 12.7. The van der Waals surface area contributed by atoms with Gasteiger partial charge in [0.15, 0.2) is 0 Å². The van der Waals surface area contributed by atoms with Crippen LogP contribution in [0, 0.1) is 0 Å². The summed E-state index contributed by atoms with van der Waals surface area (Å²) in [5.74, 6) is 0. The smallest absolute Gasteiger partial charge is 0.390 e. The fourth-order valence-electron chi connectivity index (χ4n) is 1.43. The van der Waals surface area contributed by atoms with Gasteiger partial charge in [0.1, 0.15) is 0 Å². The van der Waals surface area contributed by atoms with Crippen molar-refractivity contribution in [3.05, 3.63) is 0 Å². The van der Waals surface area contributed by atoms with Crippen molar-refractivity contribution in [1.29, 1.82) is 0 Å². The van der Waals surface area contributed by atoms with Crippen LogP contribution in [0.4, 0.5) is 0 Å². The fourth-order valence-corrected chi connectivity index (χ4v) is 2.88. The largest absolute Gasteiger partial charge is 0.492 e. The van der Waals surface area contributed by atoms with Crippen molar-refractivity contribution in [2.45, 2.75) is 50.6 Å². The summed E-state index contributed by atoms with van der Waals surface area (Å²) in [6.45, 7) is 0. The molecule has 0 fully saturated rings. The molecule has 0 spiro atoms. The van der Waals surface area contributed by atoms with Gasteiger partial charge in [-0.15, -0.1) is 0 Å². The molecule has 0 amide bonds. The van der Waals surface area contributed by atoms with E-state index in [1.807, 2.05) is 0 Å². The van der Waals surface area contributed by atoms with Crippen molar-refractivity contribution in [3.8, 4) is 0 Å². The highest BCUT2D eigenvalue weighted by atomic mass is 28.4. The summed E-state index contributed by atoms with van der Waals surface area (Å²) < 4.78 is 0.